The minimum absolute atomic E-state index is 0.0480. The number of likely N-dealkylation sites (tertiary alicyclic amines) is 1. The van der Waals surface area contributed by atoms with Crippen molar-refractivity contribution >= 4 is 55.3 Å². The number of hydrogen-bond donors (Lipinski definition) is 2. The van der Waals surface area contributed by atoms with E-state index < -0.39 is 38.5 Å². The van der Waals surface area contributed by atoms with Gasteiger partial charge < -0.3 is 14.4 Å². The number of halogens is 2. The maximum Gasteiger partial charge on any atom is 0.329 e. The molecule has 3 saturated heterocycles. The largest absolute Gasteiger partial charge is 0.453 e. The summed E-state index contributed by atoms with van der Waals surface area (Å²) < 4.78 is 73.8. The van der Waals surface area contributed by atoms with Crippen molar-refractivity contribution in [1.29, 1.82) is 5.26 Å². The third-order valence-electron chi connectivity index (χ3n) is 13.3. The monoisotopic (exact) mass is 883 g/mol. The number of amides is 3. The molecule has 1 atom stereocenters. The van der Waals surface area contributed by atoms with Crippen LogP contribution in [0.4, 0.5) is 25.1 Å². The molecule has 1 aliphatic carbocycles. The first-order valence-electron chi connectivity index (χ1n) is 21.2. The quantitative estimate of drug-likeness (QED) is 0.168. The van der Waals surface area contributed by atoms with Crippen molar-refractivity contribution < 1.29 is 36.3 Å². The smallest absolute Gasteiger partial charge is 0.329 e. The molecule has 2 aromatic heterocycles. The van der Waals surface area contributed by atoms with Gasteiger partial charge in [0, 0.05) is 44.5 Å². The summed E-state index contributed by atoms with van der Waals surface area (Å²) >= 11 is 0. The number of sulfonamides is 1. The van der Waals surface area contributed by atoms with Gasteiger partial charge in [0.05, 0.1) is 51.9 Å². The Morgan fingerprint density at radius 3 is 2.46 bits per heavy atom. The summed E-state index contributed by atoms with van der Waals surface area (Å²) in [6.45, 7) is 5.14. The second kappa shape index (κ2) is 16.3. The number of imide groups is 1. The van der Waals surface area contributed by atoms with Crippen LogP contribution in [0.2, 0.25) is 0 Å². The minimum atomic E-state index is -3.85. The van der Waals surface area contributed by atoms with Gasteiger partial charge in [0.25, 0.3) is 5.56 Å². The van der Waals surface area contributed by atoms with E-state index in [2.05, 4.69) is 25.0 Å². The van der Waals surface area contributed by atoms with Crippen LogP contribution in [-0.4, -0.2) is 87.7 Å². The van der Waals surface area contributed by atoms with E-state index in [9.17, 15) is 28.1 Å². The number of fused-ring (bicyclic) bond motifs is 2. The molecule has 3 aliphatic heterocycles. The molecular weight excluding hydrogens is 837 g/mol. The van der Waals surface area contributed by atoms with Gasteiger partial charge in [-0.05, 0) is 113 Å². The Bertz CT molecular complexity index is 2880. The highest BCUT2D eigenvalue weighted by Gasteiger charge is 2.45. The summed E-state index contributed by atoms with van der Waals surface area (Å²) in [5.74, 6) is -1.58. The fourth-order valence-electron chi connectivity index (χ4n) is 9.63. The molecule has 1 saturated carbocycles. The molecule has 0 radical (unpaired) electrons. The van der Waals surface area contributed by atoms with E-state index >= 15 is 8.78 Å². The Balaban J connectivity index is 0.834. The van der Waals surface area contributed by atoms with E-state index in [1.807, 2.05) is 12.1 Å². The molecule has 0 bridgehead atoms. The van der Waals surface area contributed by atoms with E-state index in [-0.39, 0.29) is 64.6 Å². The van der Waals surface area contributed by atoms with Crippen LogP contribution in [0.3, 0.4) is 0 Å². The van der Waals surface area contributed by atoms with Crippen LogP contribution in [0.1, 0.15) is 88.3 Å². The van der Waals surface area contributed by atoms with Crippen molar-refractivity contribution in [1.82, 2.24) is 29.5 Å². The number of ether oxygens (including phenoxy) is 2. The van der Waals surface area contributed by atoms with Gasteiger partial charge in [0.1, 0.15) is 23.2 Å². The van der Waals surface area contributed by atoms with Crippen molar-refractivity contribution in [3.8, 4) is 17.6 Å². The molecule has 9 rings (SSSR count). The molecule has 1 spiro atoms. The summed E-state index contributed by atoms with van der Waals surface area (Å²) in [5, 5.41) is 16.7. The van der Waals surface area contributed by atoms with E-state index in [0.29, 0.717) is 41.4 Å². The molecule has 5 heterocycles. The number of nitrogens with zero attached hydrogens (tertiary/aromatic N) is 7. The zero-order chi connectivity index (χ0) is 44.4. The number of urea groups is 1. The number of aryl methyl sites for hydroxylation is 1. The lowest BCUT2D eigenvalue weighted by Crippen LogP contribution is -2.49. The van der Waals surface area contributed by atoms with Gasteiger partial charge in [-0.3, -0.25) is 33.8 Å². The SMILES string of the molecule is CC(C)S(=O)(=O)Nc1ccc(F)c(Oc2ccc3ncn([C@H]4COC5(CCN(C6CCC(c7cc8c(cc7F)c(N7CCC(=O)NC7=O)nn8C)CC6)CC5)C4)c(=O)c3c2)c1C#N. The number of piperidine rings is 1. The molecule has 63 heavy (non-hydrogen) atoms. The highest BCUT2D eigenvalue weighted by atomic mass is 32.2. The molecule has 5 aromatic rings. The van der Waals surface area contributed by atoms with Gasteiger partial charge >= 0.3 is 6.03 Å². The summed E-state index contributed by atoms with van der Waals surface area (Å²) in [6, 6.07) is 11.4. The van der Waals surface area contributed by atoms with E-state index in [0.717, 1.165) is 69.3 Å². The van der Waals surface area contributed by atoms with Crippen molar-refractivity contribution in [2.45, 2.75) is 94.1 Å². The second-order valence-corrected chi connectivity index (χ2v) is 19.6. The lowest BCUT2D eigenvalue weighted by molar-refractivity contribution is -0.120. The summed E-state index contributed by atoms with van der Waals surface area (Å²) in [6.07, 6.45) is 7.41. The van der Waals surface area contributed by atoms with E-state index in [4.69, 9.17) is 9.47 Å². The number of rotatable bonds is 9. The molecule has 19 heteroatoms. The molecule has 4 aliphatic rings. The van der Waals surface area contributed by atoms with Crippen molar-refractivity contribution in [2.24, 2.45) is 7.05 Å². The van der Waals surface area contributed by atoms with Gasteiger partial charge in [-0.25, -0.2) is 27.0 Å². The summed E-state index contributed by atoms with van der Waals surface area (Å²) in [7, 11) is -2.08. The highest BCUT2D eigenvalue weighted by molar-refractivity contribution is 7.93. The first-order valence-corrected chi connectivity index (χ1v) is 22.8. The molecule has 4 fully saturated rings. The first kappa shape index (κ1) is 42.3. The molecule has 3 amide bonds. The highest BCUT2D eigenvalue weighted by Crippen LogP contribution is 2.44. The zero-order valence-electron chi connectivity index (χ0n) is 35.1. The normalized spacial score (nSPS) is 21.9. The standard InChI is InChI=1S/C44H47F2N9O7S/c1-25(2)63(59,60)51-37-11-9-34(45)40(33(37)22-47)62-29-8-10-36-31(18-29)42(57)55(24-48-36)28-21-44(61-23-28)13-16-53(17-14-44)27-6-4-26(5-7-27)30-20-38-32(19-35(30)46)41(50-52(38)3)54-15-12-39(56)49-43(54)58/h8-11,18-20,24-28,51H,4-7,12-17,21,23H2,1-3H3,(H,49,56,58)/t26?,27?,28-/m1/s1. The molecule has 0 unspecified atom stereocenters. The van der Waals surface area contributed by atoms with Gasteiger partial charge in [-0.1, -0.05) is 0 Å². The van der Waals surface area contributed by atoms with Crippen LogP contribution in [0, 0.1) is 23.0 Å². The van der Waals surface area contributed by atoms with Crippen LogP contribution in [-0.2, 0) is 26.6 Å². The number of nitrogens with one attached hydrogen (secondary N) is 2. The number of benzene rings is 3. The van der Waals surface area contributed by atoms with E-state index in [1.165, 1.54) is 43.3 Å². The average molecular weight is 884 g/mol. The van der Waals surface area contributed by atoms with Gasteiger partial charge in [-0.15, -0.1) is 0 Å². The maximum atomic E-state index is 15.8. The number of anilines is 2. The summed E-state index contributed by atoms with van der Waals surface area (Å²) in [5.41, 5.74) is 0.598. The Morgan fingerprint density at radius 2 is 1.75 bits per heavy atom. The van der Waals surface area contributed by atoms with Crippen LogP contribution in [0.25, 0.3) is 21.8 Å². The van der Waals surface area contributed by atoms with E-state index in [1.54, 1.807) is 22.4 Å². The molecule has 16 nitrogen and oxygen atoms in total. The number of carbonyl (C=O) groups is 2. The van der Waals surface area contributed by atoms with Gasteiger partial charge in [0.2, 0.25) is 15.9 Å². The minimum Gasteiger partial charge on any atom is -0.453 e. The maximum absolute atomic E-state index is 15.8. The van der Waals surface area contributed by atoms with Crippen LogP contribution in [0.15, 0.2) is 53.6 Å². The Kier molecular flexibility index (Phi) is 11.0. The third kappa shape index (κ3) is 7.88. The first-order chi connectivity index (χ1) is 30.1. The fourth-order valence-corrected chi connectivity index (χ4v) is 10.3. The second-order valence-electron chi connectivity index (χ2n) is 17.3. The molecular formula is C44H47F2N9O7S. The van der Waals surface area contributed by atoms with Crippen LogP contribution >= 0.6 is 0 Å². The predicted octanol–water partition coefficient (Wildman–Crippen LogP) is 6.34. The van der Waals surface area contributed by atoms with Crippen molar-refractivity contribution in [2.75, 3.05) is 35.9 Å². The van der Waals surface area contributed by atoms with Crippen molar-refractivity contribution in [3.05, 3.63) is 81.9 Å². The Morgan fingerprint density at radius 1 is 0.984 bits per heavy atom. The van der Waals surface area contributed by atoms with Crippen LogP contribution in [0.5, 0.6) is 11.5 Å². The lowest BCUT2D eigenvalue weighted by atomic mass is 9.79. The zero-order valence-corrected chi connectivity index (χ0v) is 35.9. The molecule has 330 valence electrons. The molecule has 2 N–H and O–H groups in total. The topological polar surface area (TPSA) is 194 Å². The van der Waals surface area contributed by atoms with Gasteiger partial charge in [-0.2, -0.15) is 10.4 Å². The van der Waals surface area contributed by atoms with Crippen molar-refractivity contribution in [3.63, 3.8) is 0 Å². The third-order valence-corrected chi connectivity index (χ3v) is 15.0. The number of hydrogen-bond acceptors (Lipinski definition) is 11. The number of carbonyl (C=O) groups excluding carboxylic acids is 2. The lowest BCUT2D eigenvalue weighted by Gasteiger charge is -2.44. The fraction of sp³-hybridized carbons (Fsp3) is 0.455. The van der Waals surface area contributed by atoms with Crippen LogP contribution < -0.4 is 25.2 Å². The number of nitriles is 1. The Hall–Kier alpha value is -5.97. The predicted molar refractivity (Wildman–Crippen MR) is 229 cm³/mol. The Labute approximate surface area is 361 Å². The van der Waals surface area contributed by atoms with Gasteiger partial charge in [0.15, 0.2) is 17.4 Å². The summed E-state index contributed by atoms with van der Waals surface area (Å²) in [4.78, 5) is 46.6. The average Bonchev–Trinajstić information content (AvgIpc) is 3.81. The molecule has 3 aromatic carbocycles. The number of aromatic nitrogens is 4.